The number of nitrogens with two attached hydrogens (primary N) is 1. The average molecular weight is 270 g/mol. The number of anilines is 2. The zero-order valence-electron chi connectivity index (χ0n) is 10.6. The fraction of sp³-hybridized carbons (Fsp3) is 0.583. The van der Waals surface area contributed by atoms with Gasteiger partial charge in [0.05, 0.1) is 23.8 Å². The Labute approximate surface area is 110 Å². The van der Waals surface area contributed by atoms with E-state index in [0.717, 1.165) is 24.4 Å². The number of hydrogen-bond donors (Lipinski definition) is 2. The molecule has 0 aromatic carbocycles. The first-order valence-corrected chi connectivity index (χ1v) is 6.76. The van der Waals surface area contributed by atoms with Gasteiger partial charge in [-0.2, -0.15) is 0 Å². The van der Waals surface area contributed by atoms with Crippen LogP contribution in [0.15, 0.2) is 0 Å². The number of methoxy groups -OCH3 is 1. The second-order valence-corrected chi connectivity index (χ2v) is 5.48. The number of hydrogen-bond acceptors (Lipinski definition) is 6. The van der Waals surface area contributed by atoms with Gasteiger partial charge >= 0.3 is 0 Å². The van der Waals surface area contributed by atoms with E-state index in [0.29, 0.717) is 22.9 Å². The standard InChI is InChI=1S/C12H18N2O3S/c1-7(15)11-9(13)10(17-2)12(18-11)14-5-3-4-8(16)6-14/h8,16H,3-6,13H2,1-2H3. The molecule has 2 heterocycles. The highest BCUT2D eigenvalue weighted by atomic mass is 32.1. The third-order valence-corrected chi connectivity index (χ3v) is 4.44. The Balaban J connectivity index is 2.37. The second kappa shape index (κ2) is 5.16. The van der Waals surface area contributed by atoms with E-state index in [1.54, 1.807) is 7.11 Å². The summed E-state index contributed by atoms with van der Waals surface area (Å²) in [7, 11) is 1.55. The molecule has 5 nitrogen and oxygen atoms in total. The maximum atomic E-state index is 11.5. The van der Waals surface area contributed by atoms with Gasteiger partial charge in [0.1, 0.15) is 5.00 Å². The predicted octanol–water partition coefficient (Wildman–Crippen LogP) is 1.50. The van der Waals surface area contributed by atoms with Crippen LogP contribution in [-0.2, 0) is 0 Å². The van der Waals surface area contributed by atoms with E-state index in [4.69, 9.17) is 10.5 Å². The van der Waals surface area contributed by atoms with Gasteiger partial charge in [0.25, 0.3) is 0 Å². The molecular weight excluding hydrogens is 252 g/mol. The van der Waals surface area contributed by atoms with Crippen LogP contribution < -0.4 is 15.4 Å². The third kappa shape index (κ3) is 2.30. The monoisotopic (exact) mass is 270 g/mol. The van der Waals surface area contributed by atoms with Gasteiger partial charge in [0, 0.05) is 20.0 Å². The summed E-state index contributed by atoms with van der Waals surface area (Å²) in [5, 5.41) is 10.6. The van der Waals surface area contributed by atoms with Crippen LogP contribution in [-0.4, -0.2) is 37.2 Å². The molecule has 1 unspecified atom stereocenters. The van der Waals surface area contributed by atoms with Crippen molar-refractivity contribution >= 4 is 27.8 Å². The number of carbonyl (C=O) groups is 1. The van der Waals surface area contributed by atoms with Crippen molar-refractivity contribution in [1.29, 1.82) is 0 Å². The molecule has 0 saturated carbocycles. The molecule has 1 aliphatic rings. The maximum Gasteiger partial charge on any atom is 0.177 e. The zero-order valence-corrected chi connectivity index (χ0v) is 11.4. The molecule has 3 N–H and O–H groups in total. The first kappa shape index (κ1) is 13.2. The van der Waals surface area contributed by atoms with Crippen molar-refractivity contribution < 1.29 is 14.6 Å². The van der Waals surface area contributed by atoms with Gasteiger partial charge in [0.15, 0.2) is 11.5 Å². The molecule has 1 atom stereocenters. The number of nitrogen functional groups attached to an aromatic ring is 1. The molecule has 0 spiro atoms. The Morgan fingerprint density at radius 1 is 1.61 bits per heavy atom. The number of ketones is 1. The van der Waals surface area contributed by atoms with Crippen molar-refractivity contribution in [1.82, 2.24) is 0 Å². The van der Waals surface area contributed by atoms with Gasteiger partial charge in [0.2, 0.25) is 0 Å². The molecular formula is C12H18N2O3S. The summed E-state index contributed by atoms with van der Waals surface area (Å²) >= 11 is 1.34. The van der Waals surface area contributed by atoms with E-state index in [1.165, 1.54) is 18.3 Å². The van der Waals surface area contributed by atoms with Crippen LogP contribution in [0.2, 0.25) is 0 Å². The molecule has 0 aliphatic carbocycles. The van der Waals surface area contributed by atoms with Crippen LogP contribution in [0, 0.1) is 0 Å². The molecule has 1 aromatic rings. The molecule has 1 aromatic heterocycles. The lowest BCUT2D eigenvalue weighted by molar-refractivity contribution is 0.102. The van der Waals surface area contributed by atoms with Crippen molar-refractivity contribution in [3.8, 4) is 5.75 Å². The van der Waals surface area contributed by atoms with Crippen LogP contribution >= 0.6 is 11.3 Å². The van der Waals surface area contributed by atoms with Gasteiger partial charge in [-0.15, -0.1) is 11.3 Å². The molecule has 18 heavy (non-hydrogen) atoms. The van der Waals surface area contributed by atoms with E-state index in [1.807, 2.05) is 4.90 Å². The summed E-state index contributed by atoms with van der Waals surface area (Å²) in [5.74, 6) is 0.499. The summed E-state index contributed by atoms with van der Waals surface area (Å²) in [6.45, 7) is 2.91. The summed E-state index contributed by atoms with van der Waals surface area (Å²) in [6, 6.07) is 0. The molecule has 100 valence electrons. The van der Waals surface area contributed by atoms with Crippen molar-refractivity contribution in [3.05, 3.63) is 4.88 Å². The van der Waals surface area contributed by atoms with Crippen LogP contribution in [0.5, 0.6) is 5.75 Å². The summed E-state index contributed by atoms with van der Waals surface area (Å²) in [5.41, 5.74) is 6.34. The fourth-order valence-electron chi connectivity index (χ4n) is 2.22. The number of Topliss-reactive ketones (excluding diaryl/α,β-unsaturated/α-hetero) is 1. The molecule has 0 bridgehead atoms. The van der Waals surface area contributed by atoms with Gasteiger partial charge in [-0.1, -0.05) is 0 Å². The number of nitrogens with zero attached hydrogens (tertiary/aromatic N) is 1. The molecule has 0 radical (unpaired) electrons. The number of piperidine rings is 1. The summed E-state index contributed by atoms with van der Waals surface area (Å²) in [4.78, 5) is 14.1. The quantitative estimate of drug-likeness (QED) is 0.814. The minimum atomic E-state index is -0.326. The van der Waals surface area contributed by atoms with Crippen LogP contribution in [0.3, 0.4) is 0 Å². The average Bonchev–Trinajstić information content (AvgIpc) is 2.66. The van der Waals surface area contributed by atoms with Crippen molar-refractivity contribution in [2.75, 3.05) is 30.8 Å². The second-order valence-electron chi connectivity index (χ2n) is 4.48. The smallest absolute Gasteiger partial charge is 0.177 e. The van der Waals surface area contributed by atoms with E-state index >= 15 is 0 Å². The maximum absolute atomic E-state index is 11.5. The molecule has 2 rings (SSSR count). The fourth-order valence-corrected chi connectivity index (χ4v) is 3.34. The number of aliphatic hydroxyl groups is 1. The van der Waals surface area contributed by atoms with Gasteiger partial charge in [-0.05, 0) is 12.8 Å². The SMILES string of the molecule is COc1c(N2CCCC(O)C2)sc(C(C)=O)c1N. The van der Waals surface area contributed by atoms with Crippen molar-refractivity contribution in [2.45, 2.75) is 25.9 Å². The Hall–Kier alpha value is -1.27. The van der Waals surface area contributed by atoms with Crippen molar-refractivity contribution in [3.63, 3.8) is 0 Å². The number of ether oxygens (including phenoxy) is 1. The Kier molecular flexibility index (Phi) is 3.77. The van der Waals surface area contributed by atoms with Gasteiger partial charge in [-0.3, -0.25) is 4.79 Å². The van der Waals surface area contributed by atoms with E-state index in [9.17, 15) is 9.90 Å². The number of carbonyl (C=O) groups excluding carboxylic acids is 1. The Morgan fingerprint density at radius 2 is 2.33 bits per heavy atom. The zero-order chi connectivity index (χ0) is 13.3. The normalized spacial score (nSPS) is 19.9. The highest BCUT2D eigenvalue weighted by Gasteiger charge is 2.26. The molecule has 1 aliphatic heterocycles. The number of rotatable bonds is 3. The highest BCUT2D eigenvalue weighted by molar-refractivity contribution is 7.19. The van der Waals surface area contributed by atoms with Crippen LogP contribution in [0.4, 0.5) is 10.7 Å². The van der Waals surface area contributed by atoms with Gasteiger partial charge < -0.3 is 20.5 Å². The first-order valence-electron chi connectivity index (χ1n) is 5.94. The lowest BCUT2D eigenvalue weighted by Crippen LogP contribution is -2.37. The number of β-amino-alcohol motifs (C(OH)–C–C–N with tert-alkyl or cyclic N) is 1. The number of thiophene rings is 1. The summed E-state index contributed by atoms with van der Waals surface area (Å²) < 4.78 is 5.31. The molecule has 0 amide bonds. The first-order chi connectivity index (χ1) is 8.54. The Bertz CT molecular complexity index is 458. The Morgan fingerprint density at radius 3 is 2.89 bits per heavy atom. The molecule has 1 fully saturated rings. The molecule has 1 saturated heterocycles. The third-order valence-electron chi connectivity index (χ3n) is 3.09. The highest BCUT2D eigenvalue weighted by Crippen LogP contribution is 2.45. The van der Waals surface area contributed by atoms with Crippen LogP contribution in [0.1, 0.15) is 29.4 Å². The molecule has 6 heteroatoms. The largest absolute Gasteiger partial charge is 0.492 e. The van der Waals surface area contributed by atoms with Gasteiger partial charge in [-0.25, -0.2) is 0 Å². The summed E-state index contributed by atoms with van der Waals surface area (Å²) in [6.07, 6.45) is 1.42. The lowest BCUT2D eigenvalue weighted by Gasteiger charge is -2.31. The minimum Gasteiger partial charge on any atom is -0.492 e. The van der Waals surface area contributed by atoms with E-state index < -0.39 is 0 Å². The van der Waals surface area contributed by atoms with Crippen LogP contribution in [0.25, 0.3) is 0 Å². The van der Waals surface area contributed by atoms with Crippen molar-refractivity contribution in [2.24, 2.45) is 0 Å². The van der Waals surface area contributed by atoms with E-state index in [2.05, 4.69) is 0 Å². The van der Waals surface area contributed by atoms with E-state index in [-0.39, 0.29) is 11.9 Å². The lowest BCUT2D eigenvalue weighted by atomic mass is 10.1. The number of aliphatic hydroxyl groups excluding tert-OH is 1. The minimum absolute atomic E-state index is 0.0559. The topological polar surface area (TPSA) is 75.8 Å². The predicted molar refractivity (Wildman–Crippen MR) is 72.7 cm³/mol.